The fourth-order valence-electron chi connectivity index (χ4n) is 2.51. The van der Waals surface area contributed by atoms with E-state index in [0.29, 0.717) is 6.61 Å². The van der Waals surface area contributed by atoms with E-state index in [1.807, 2.05) is 18.2 Å². The van der Waals surface area contributed by atoms with Crippen molar-refractivity contribution in [2.75, 3.05) is 11.9 Å². The molecule has 0 aliphatic carbocycles. The van der Waals surface area contributed by atoms with Crippen molar-refractivity contribution in [3.63, 3.8) is 0 Å². The van der Waals surface area contributed by atoms with Crippen LogP contribution in [0.4, 0.5) is 0 Å². The third kappa shape index (κ3) is 5.85. The first-order valence-corrected chi connectivity index (χ1v) is 8.54. The van der Waals surface area contributed by atoms with E-state index in [4.69, 9.17) is 16.3 Å². The average molecular weight is 348 g/mol. The number of ether oxygens (including phenoxy) is 1. The molecule has 0 aliphatic heterocycles. The van der Waals surface area contributed by atoms with Gasteiger partial charge in [0.2, 0.25) is 0 Å². The van der Waals surface area contributed by atoms with Crippen molar-refractivity contribution < 1.29 is 4.74 Å². The van der Waals surface area contributed by atoms with Gasteiger partial charge in [-0.1, -0.05) is 66.4 Å². The molecule has 0 aliphatic rings. The molecule has 3 heteroatoms. The lowest BCUT2D eigenvalue weighted by Gasteiger charge is -2.31. The van der Waals surface area contributed by atoms with Crippen LogP contribution >= 0.6 is 27.5 Å². The van der Waals surface area contributed by atoms with E-state index in [9.17, 15) is 0 Å². The lowest BCUT2D eigenvalue weighted by atomic mass is 9.82. The van der Waals surface area contributed by atoms with E-state index in [1.165, 1.54) is 25.7 Å². The molecule has 0 fully saturated rings. The molecule has 1 aromatic carbocycles. The number of rotatable bonds is 9. The van der Waals surface area contributed by atoms with E-state index in [1.54, 1.807) is 0 Å². The largest absolute Gasteiger partial charge is 0.376 e. The predicted molar refractivity (Wildman–Crippen MR) is 87.2 cm³/mol. The Hall–Kier alpha value is -0.0500. The van der Waals surface area contributed by atoms with Crippen LogP contribution < -0.4 is 0 Å². The molecular formula is C16H24BrClO. The zero-order chi connectivity index (χ0) is 14.1. The second kappa shape index (κ2) is 8.99. The van der Waals surface area contributed by atoms with Crippen molar-refractivity contribution in [3.05, 3.63) is 34.9 Å². The highest BCUT2D eigenvalue weighted by atomic mass is 79.9. The molecule has 108 valence electrons. The maximum Gasteiger partial charge on any atom is 0.0717 e. The van der Waals surface area contributed by atoms with Gasteiger partial charge in [-0.2, -0.15) is 0 Å². The number of hydrogen-bond acceptors (Lipinski definition) is 1. The van der Waals surface area contributed by atoms with Gasteiger partial charge >= 0.3 is 0 Å². The summed E-state index contributed by atoms with van der Waals surface area (Å²) in [5.74, 6) is 0. The van der Waals surface area contributed by atoms with Crippen LogP contribution in [-0.2, 0) is 11.3 Å². The van der Waals surface area contributed by atoms with Crippen molar-refractivity contribution >= 4 is 27.5 Å². The predicted octanol–water partition coefficient (Wildman–Crippen LogP) is 5.84. The molecule has 0 saturated heterocycles. The van der Waals surface area contributed by atoms with Gasteiger partial charge in [0, 0.05) is 15.8 Å². The van der Waals surface area contributed by atoms with Crippen LogP contribution in [0.1, 0.15) is 45.1 Å². The van der Waals surface area contributed by atoms with Crippen molar-refractivity contribution in [2.45, 2.75) is 46.1 Å². The van der Waals surface area contributed by atoms with Crippen LogP contribution in [0.5, 0.6) is 0 Å². The Kier molecular flexibility index (Phi) is 8.05. The SMILES string of the molecule is CCCC(CBr)(CCC)COCc1cccc(Cl)c1. The second-order valence-corrected chi connectivity index (χ2v) is 6.25. The highest BCUT2D eigenvalue weighted by Gasteiger charge is 2.27. The van der Waals surface area contributed by atoms with Crippen molar-refractivity contribution in [1.29, 1.82) is 0 Å². The molecule has 0 heterocycles. The molecule has 1 nitrogen and oxygen atoms in total. The van der Waals surface area contributed by atoms with Crippen molar-refractivity contribution in [3.8, 4) is 0 Å². The minimum Gasteiger partial charge on any atom is -0.376 e. The van der Waals surface area contributed by atoms with Gasteiger partial charge in [0.25, 0.3) is 0 Å². The van der Waals surface area contributed by atoms with E-state index >= 15 is 0 Å². The third-order valence-electron chi connectivity index (χ3n) is 3.41. The van der Waals surface area contributed by atoms with Gasteiger partial charge < -0.3 is 4.74 Å². The number of hydrogen-bond donors (Lipinski definition) is 0. The molecule has 0 aromatic heterocycles. The lowest BCUT2D eigenvalue weighted by molar-refractivity contribution is 0.0355. The molecule has 0 N–H and O–H groups in total. The summed E-state index contributed by atoms with van der Waals surface area (Å²) in [6.45, 7) is 5.93. The molecule has 0 atom stereocenters. The van der Waals surface area contributed by atoms with Crippen LogP contribution in [0.15, 0.2) is 24.3 Å². The first-order chi connectivity index (χ1) is 9.15. The zero-order valence-corrected chi connectivity index (χ0v) is 14.3. The molecule has 1 rings (SSSR count). The Labute approximate surface area is 130 Å². The molecule has 19 heavy (non-hydrogen) atoms. The van der Waals surface area contributed by atoms with Gasteiger partial charge in [0.15, 0.2) is 0 Å². The monoisotopic (exact) mass is 346 g/mol. The summed E-state index contributed by atoms with van der Waals surface area (Å²) in [6, 6.07) is 7.89. The number of benzene rings is 1. The third-order valence-corrected chi connectivity index (χ3v) is 4.83. The van der Waals surface area contributed by atoms with Gasteiger partial charge in [0.1, 0.15) is 0 Å². The lowest BCUT2D eigenvalue weighted by Crippen LogP contribution is -2.28. The topological polar surface area (TPSA) is 9.23 Å². The Bertz CT molecular complexity index is 362. The van der Waals surface area contributed by atoms with Crippen LogP contribution in [0.2, 0.25) is 5.02 Å². The van der Waals surface area contributed by atoms with Gasteiger partial charge in [-0.3, -0.25) is 0 Å². The normalized spacial score (nSPS) is 11.8. The molecular weight excluding hydrogens is 324 g/mol. The van der Waals surface area contributed by atoms with Gasteiger partial charge in [-0.05, 0) is 30.5 Å². The van der Waals surface area contributed by atoms with Gasteiger partial charge in [-0.15, -0.1) is 0 Å². The smallest absolute Gasteiger partial charge is 0.0717 e. The molecule has 0 amide bonds. The summed E-state index contributed by atoms with van der Waals surface area (Å²) >= 11 is 9.65. The number of alkyl halides is 1. The summed E-state index contributed by atoms with van der Waals surface area (Å²) in [5, 5.41) is 1.78. The Morgan fingerprint density at radius 1 is 1.21 bits per heavy atom. The first kappa shape index (κ1) is 17.0. The highest BCUT2D eigenvalue weighted by molar-refractivity contribution is 9.09. The average Bonchev–Trinajstić information content (AvgIpc) is 2.39. The van der Waals surface area contributed by atoms with Gasteiger partial charge in [0.05, 0.1) is 13.2 Å². The Balaban J connectivity index is 2.51. The highest BCUT2D eigenvalue weighted by Crippen LogP contribution is 2.32. The van der Waals surface area contributed by atoms with Crippen LogP contribution in [0, 0.1) is 5.41 Å². The van der Waals surface area contributed by atoms with E-state index in [0.717, 1.165) is 22.5 Å². The molecule has 0 bridgehead atoms. The van der Waals surface area contributed by atoms with Crippen LogP contribution in [0.25, 0.3) is 0 Å². The molecule has 1 aromatic rings. The van der Waals surface area contributed by atoms with Crippen molar-refractivity contribution in [2.24, 2.45) is 5.41 Å². The van der Waals surface area contributed by atoms with E-state index in [-0.39, 0.29) is 5.41 Å². The maximum atomic E-state index is 5.98. The Morgan fingerprint density at radius 2 is 1.89 bits per heavy atom. The molecule has 0 saturated carbocycles. The molecule has 0 unspecified atom stereocenters. The fourth-order valence-corrected chi connectivity index (χ4v) is 3.45. The minimum absolute atomic E-state index is 0.280. The quantitative estimate of drug-likeness (QED) is 0.510. The summed E-state index contributed by atoms with van der Waals surface area (Å²) in [5.41, 5.74) is 1.42. The summed E-state index contributed by atoms with van der Waals surface area (Å²) in [4.78, 5) is 0. The summed E-state index contributed by atoms with van der Waals surface area (Å²) < 4.78 is 5.95. The first-order valence-electron chi connectivity index (χ1n) is 7.04. The molecule has 0 radical (unpaired) electrons. The standard InChI is InChI=1S/C16H24BrClO/c1-3-8-16(12-17,9-4-2)13-19-11-14-6-5-7-15(18)10-14/h5-7,10H,3-4,8-9,11-13H2,1-2H3. The summed E-state index contributed by atoms with van der Waals surface area (Å²) in [7, 11) is 0. The maximum absolute atomic E-state index is 5.98. The van der Waals surface area contributed by atoms with E-state index < -0.39 is 0 Å². The zero-order valence-electron chi connectivity index (χ0n) is 11.9. The van der Waals surface area contributed by atoms with Gasteiger partial charge in [-0.25, -0.2) is 0 Å². The van der Waals surface area contributed by atoms with Crippen LogP contribution in [-0.4, -0.2) is 11.9 Å². The number of halogens is 2. The molecule has 0 spiro atoms. The van der Waals surface area contributed by atoms with Crippen molar-refractivity contribution in [1.82, 2.24) is 0 Å². The summed E-state index contributed by atoms with van der Waals surface area (Å²) in [6.07, 6.45) is 4.82. The fraction of sp³-hybridized carbons (Fsp3) is 0.625. The second-order valence-electron chi connectivity index (χ2n) is 5.26. The van der Waals surface area contributed by atoms with Crippen LogP contribution in [0.3, 0.4) is 0 Å². The Morgan fingerprint density at radius 3 is 2.42 bits per heavy atom. The van der Waals surface area contributed by atoms with E-state index in [2.05, 4.69) is 35.8 Å². The minimum atomic E-state index is 0.280.